The van der Waals surface area contributed by atoms with Gasteiger partial charge in [-0.05, 0) is 12.5 Å². The molecule has 1 atom stereocenters. The summed E-state index contributed by atoms with van der Waals surface area (Å²) in [5.74, 6) is -0.460. The van der Waals surface area contributed by atoms with Crippen LogP contribution in [0.3, 0.4) is 0 Å². The third-order valence-corrected chi connectivity index (χ3v) is 2.41. The molecule has 0 radical (unpaired) electrons. The normalized spacial score (nSPS) is 13.2. The second kappa shape index (κ2) is 5.80. The Morgan fingerprint density at radius 2 is 2.06 bits per heavy atom. The van der Waals surface area contributed by atoms with Gasteiger partial charge >= 0.3 is 0 Å². The van der Waals surface area contributed by atoms with E-state index in [2.05, 4.69) is 0 Å². The topological polar surface area (TPSA) is 60.2 Å². The first-order valence-electron chi connectivity index (χ1n) is 4.97. The van der Waals surface area contributed by atoms with Crippen molar-refractivity contribution in [2.24, 2.45) is 0 Å². The van der Waals surface area contributed by atoms with Crippen molar-refractivity contribution in [3.8, 4) is 0 Å². The van der Waals surface area contributed by atoms with Crippen LogP contribution in [0.5, 0.6) is 0 Å². The Morgan fingerprint density at radius 1 is 1.44 bits per heavy atom. The van der Waals surface area contributed by atoms with E-state index >= 15 is 0 Å². The van der Waals surface area contributed by atoms with Gasteiger partial charge in [-0.1, -0.05) is 36.4 Å². The molecule has 0 aromatic heterocycles. The number of nitrogens with zero attached hydrogens (tertiary/aromatic N) is 1. The molecule has 1 aromatic rings. The average molecular weight is 219 g/mol. The van der Waals surface area contributed by atoms with Crippen LogP contribution in [0.15, 0.2) is 42.0 Å². The standard InChI is InChI=1S/C12H13NO3/c1-2-10(9-14)12(8-13(15)16)11-6-4-3-5-7-11/h2-7,9,12H,8H2,1H3/b10-2-. The van der Waals surface area contributed by atoms with Gasteiger partial charge in [0.1, 0.15) is 6.29 Å². The van der Waals surface area contributed by atoms with E-state index in [1.165, 1.54) is 0 Å². The summed E-state index contributed by atoms with van der Waals surface area (Å²) in [6.45, 7) is 1.45. The Hall–Kier alpha value is -1.97. The molecule has 1 unspecified atom stereocenters. The third kappa shape index (κ3) is 3.02. The summed E-state index contributed by atoms with van der Waals surface area (Å²) in [7, 11) is 0. The van der Waals surface area contributed by atoms with Crippen LogP contribution in [0.2, 0.25) is 0 Å². The summed E-state index contributed by atoms with van der Waals surface area (Å²) in [6, 6.07) is 9.03. The summed E-state index contributed by atoms with van der Waals surface area (Å²) in [4.78, 5) is 21.0. The van der Waals surface area contributed by atoms with Crippen LogP contribution in [0.1, 0.15) is 18.4 Å². The van der Waals surface area contributed by atoms with Crippen LogP contribution >= 0.6 is 0 Å². The molecule has 4 heteroatoms. The minimum atomic E-state index is -0.460. The summed E-state index contributed by atoms with van der Waals surface area (Å²) in [5, 5.41) is 10.6. The maximum atomic E-state index is 10.8. The van der Waals surface area contributed by atoms with Gasteiger partial charge in [-0.15, -0.1) is 0 Å². The Bertz CT molecular complexity index is 398. The van der Waals surface area contributed by atoms with E-state index < -0.39 is 10.8 Å². The monoisotopic (exact) mass is 219 g/mol. The van der Waals surface area contributed by atoms with Gasteiger partial charge in [0, 0.05) is 10.5 Å². The highest BCUT2D eigenvalue weighted by atomic mass is 16.6. The van der Waals surface area contributed by atoms with E-state index in [0.717, 1.165) is 5.56 Å². The largest absolute Gasteiger partial charge is 0.298 e. The number of carbonyl (C=O) groups excluding carboxylic acids is 1. The van der Waals surface area contributed by atoms with E-state index in [9.17, 15) is 14.9 Å². The second-order valence-electron chi connectivity index (χ2n) is 3.39. The molecule has 0 N–H and O–H groups in total. The Balaban J connectivity index is 3.05. The molecule has 0 bridgehead atoms. The van der Waals surface area contributed by atoms with Crippen molar-refractivity contribution in [3.63, 3.8) is 0 Å². The van der Waals surface area contributed by atoms with Crippen LogP contribution in [0.25, 0.3) is 0 Å². The smallest absolute Gasteiger partial charge is 0.214 e. The van der Waals surface area contributed by atoms with Gasteiger partial charge in [-0.3, -0.25) is 14.9 Å². The summed E-state index contributed by atoms with van der Waals surface area (Å²) >= 11 is 0. The van der Waals surface area contributed by atoms with Gasteiger partial charge in [0.2, 0.25) is 6.54 Å². The average Bonchev–Trinajstić information content (AvgIpc) is 2.30. The van der Waals surface area contributed by atoms with E-state index in [1.807, 2.05) is 6.07 Å². The van der Waals surface area contributed by atoms with Crippen molar-refractivity contribution in [2.75, 3.05) is 6.54 Å². The van der Waals surface area contributed by atoms with Crippen molar-refractivity contribution < 1.29 is 9.72 Å². The first kappa shape index (κ1) is 12.1. The van der Waals surface area contributed by atoms with Crippen molar-refractivity contribution in [2.45, 2.75) is 12.8 Å². The zero-order valence-electron chi connectivity index (χ0n) is 9.00. The Kier molecular flexibility index (Phi) is 4.39. The SMILES string of the molecule is C/C=C(/C=O)C(C[N+](=O)[O-])c1ccccc1. The summed E-state index contributed by atoms with van der Waals surface area (Å²) in [5.41, 5.74) is 1.24. The maximum Gasteiger partial charge on any atom is 0.214 e. The van der Waals surface area contributed by atoms with E-state index in [4.69, 9.17) is 0 Å². The summed E-state index contributed by atoms with van der Waals surface area (Å²) in [6.07, 6.45) is 2.30. The molecule has 0 saturated carbocycles. The van der Waals surface area contributed by atoms with Crippen molar-refractivity contribution in [1.82, 2.24) is 0 Å². The molecule has 0 spiro atoms. The number of hydrogen-bond donors (Lipinski definition) is 0. The molecule has 16 heavy (non-hydrogen) atoms. The van der Waals surface area contributed by atoms with Gasteiger partial charge in [0.25, 0.3) is 0 Å². The zero-order valence-corrected chi connectivity index (χ0v) is 9.00. The lowest BCUT2D eigenvalue weighted by Gasteiger charge is -2.12. The Morgan fingerprint density at radius 3 is 2.50 bits per heavy atom. The fraction of sp³-hybridized carbons (Fsp3) is 0.250. The lowest BCUT2D eigenvalue weighted by atomic mass is 9.92. The fourth-order valence-corrected chi connectivity index (χ4v) is 1.59. The molecule has 0 fully saturated rings. The highest BCUT2D eigenvalue weighted by molar-refractivity contribution is 5.75. The van der Waals surface area contributed by atoms with Crippen molar-refractivity contribution in [1.29, 1.82) is 0 Å². The van der Waals surface area contributed by atoms with Crippen LogP contribution in [-0.2, 0) is 4.79 Å². The van der Waals surface area contributed by atoms with Crippen molar-refractivity contribution in [3.05, 3.63) is 57.7 Å². The lowest BCUT2D eigenvalue weighted by Crippen LogP contribution is -2.15. The first-order valence-corrected chi connectivity index (χ1v) is 4.97. The number of nitro groups is 1. The van der Waals surface area contributed by atoms with Gasteiger partial charge in [0.05, 0.1) is 5.92 Å². The molecule has 0 aliphatic heterocycles. The molecule has 4 nitrogen and oxygen atoms in total. The lowest BCUT2D eigenvalue weighted by molar-refractivity contribution is -0.481. The van der Waals surface area contributed by atoms with Crippen LogP contribution in [0, 0.1) is 10.1 Å². The maximum absolute atomic E-state index is 10.8. The molecule has 0 saturated heterocycles. The zero-order chi connectivity index (χ0) is 12.0. The fourth-order valence-electron chi connectivity index (χ4n) is 1.59. The molecule has 0 amide bonds. The first-order chi connectivity index (χ1) is 7.69. The predicted molar refractivity (Wildman–Crippen MR) is 60.9 cm³/mol. The second-order valence-corrected chi connectivity index (χ2v) is 3.39. The van der Waals surface area contributed by atoms with Gasteiger partial charge in [-0.2, -0.15) is 0 Å². The number of carbonyl (C=O) groups is 1. The molecule has 0 aliphatic rings. The quantitative estimate of drug-likeness (QED) is 0.330. The third-order valence-electron chi connectivity index (χ3n) is 2.41. The van der Waals surface area contributed by atoms with Crippen LogP contribution < -0.4 is 0 Å². The highest BCUT2D eigenvalue weighted by Crippen LogP contribution is 2.23. The predicted octanol–water partition coefficient (Wildman–Crippen LogP) is 2.19. The van der Waals surface area contributed by atoms with E-state index in [1.54, 1.807) is 37.3 Å². The van der Waals surface area contributed by atoms with E-state index in [-0.39, 0.29) is 6.54 Å². The van der Waals surface area contributed by atoms with Crippen LogP contribution in [0.4, 0.5) is 0 Å². The molecule has 1 rings (SSSR count). The molecule has 0 heterocycles. The minimum absolute atomic E-state index is 0.261. The number of rotatable bonds is 5. The van der Waals surface area contributed by atoms with Crippen molar-refractivity contribution >= 4 is 6.29 Å². The molecule has 1 aromatic carbocycles. The number of benzene rings is 1. The molecule has 0 aliphatic carbocycles. The number of allylic oxidation sites excluding steroid dienone is 1. The number of aldehydes is 1. The highest BCUT2D eigenvalue weighted by Gasteiger charge is 2.21. The molecular weight excluding hydrogens is 206 g/mol. The van der Waals surface area contributed by atoms with Gasteiger partial charge < -0.3 is 0 Å². The number of hydrogen-bond acceptors (Lipinski definition) is 3. The van der Waals surface area contributed by atoms with E-state index in [0.29, 0.717) is 11.9 Å². The minimum Gasteiger partial charge on any atom is -0.298 e. The molecule has 84 valence electrons. The molecular formula is C12H13NO3. The summed E-state index contributed by atoms with van der Waals surface area (Å²) < 4.78 is 0. The van der Waals surface area contributed by atoms with Crippen LogP contribution in [-0.4, -0.2) is 17.8 Å². The van der Waals surface area contributed by atoms with Gasteiger partial charge in [0.15, 0.2) is 0 Å². The van der Waals surface area contributed by atoms with Gasteiger partial charge in [-0.25, -0.2) is 0 Å². The Labute approximate surface area is 93.7 Å².